The molecule has 0 radical (unpaired) electrons. The molecule has 0 fully saturated rings. The Balaban J connectivity index is 3.06. The molecule has 1 aromatic rings. The lowest BCUT2D eigenvalue weighted by Crippen LogP contribution is -2.09. The molecule has 0 aliphatic rings. The number of nitrogens with zero attached hydrogens (tertiary/aromatic N) is 2. The second kappa shape index (κ2) is 3.75. The quantitative estimate of drug-likeness (QED) is 0.315. The average Bonchev–Trinajstić information content (AvgIpc) is 2.48. The fourth-order valence-corrected chi connectivity index (χ4v) is 1.03. The summed E-state index contributed by atoms with van der Waals surface area (Å²) in [5, 5.41) is 11.2. The van der Waals surface area contributed by atoms with E-state index in [9.17, 15) is 4.79 Å². The van der Waals surface area contributed by atoms with Crippen LogP contribution in [-0.4, -0.2) is 29.1 Å². The van der Waals surface area contributed by atoms with E-state index in [1.165, 1.54) is 13.3 Å². The second-order valence-electron chi connectivity index (χ2n) is 2.44. The van der Waals surface area contributed by atoms with E-state index in [1.54, 1.807) is 23.7 Å². The zero-order chi connectivity index (χ0) is 9.84. The van der Waals surface area contributed by atoms with Gasteiger partial charge in [0, 0.05) is 7.05 Å². The van der Waals surface area contributed by atoms with Gasteiger partial charge < -0.3 is 14.5 Å². The van der Waals surface area contributed by atoms with Crippen molar-refractivity contribution in [2.24, 2.45) is 12.2 Å². The van der Waals surface area contributed by atoms with Crippen molar-refractivity contribution >= 4 is 12.2 Å². The zero-order valence-electron chi connectivity index (χ0n) is 7.39. The van der Waals surface area contributed by atoms with Crippen molar-refractivity contribution in [3.05, 3.63) is 23.5 Å². The van der Waals surface area contributed by atoms with Gasteiger partial charge in [-0.05, 0) is 12.1 Å². The molecule has 0 saturated heterocycles. The molecule has 0 aliphatic carbocycles. The van der Waals surface area contributed by atoms with Crippen LogP contribution >= 0.6 is 0 Å². The number of hydrogen-bond donors (Lipinski definition) is 1. The van der Waals surface area contributed by atoms with Gasteiger partial charge >= 0.3 is 5.97 Å². The molecule has 5 heteroatoms. The van der Waals surface area contributed by atoms with Gasteiger partial charge in [-0.3, -0.25) is 0 Å². The molecule has 0 bridgehead atoms. The summed E-state index contributed by atoms with van der Waals surface area (Å²) < 4.78 is 6.12. The van der Waals surface area contributed by atoms with Gasteiger partial charge in [0.05, 0.1) is 19.0 Å². The Hall–Kier alpha value is -1.78. The standard InChI is InChI=1S/C8H10N2O3/c1-10-6(5-9-12)3-4-7(10)8(11)13-2/h3-5,12H,1-2H3/b9-5+. The largest absolute Gasteiger partial charge is 0.464 e. The summed E-state index contributed by atoms with van der Waals surface area (Å²) in [5.74, 6) is -0.417. The molecule has 0 saturated carbocycles. The first kappa shape index (κ1) is 9.31. The molecule has 0 aromatic carbocycles. The molecule has 0 amide bonds. The Morgan fingerprint density at radius 1 is 1.69 bits per heavy atom. The van der Waals surface area contributed by atoms with Crippen molar-refractivity contribution in [3.8, 4) is 0 Å². The predicted molar refractivity (Wildman–Crippen MR) is 46.1 cm³/mol. The molecule has 5 nitrogen and oxygen atoms in total. The van der Waals surface area contributed by atoms with E-state index in [0.717, 1.165) is 0 Å². The molecule has 0 aliphatic heterocycles. The molecule has 1 aromatic heterocycles. The Morgan fingerprint density at radius 3 is 2.92 bits per heavy atom. The highest BCUT2D eigenvalue weighted by molar-refractivity contribution is 5.90. The Labute approximate surface area is 75.2 Å². The van der Waals surface area contributed by atoms with Gasteiger partial charge in [0.2, 0.25) is 0 Å². The molecule has 0 atom stereocenters. The van der Waals surface area contributed by atoms with Crippen molar-refractivity contribution in [2.75, 3.05) is 7.11 Å². The minimum absolute atomic E-state index is 0.414. The molecule has 1 heterocycles. The molecule has 1 rings (SSSR count). The molecule has 70 valence electrons. The van der Waals surface area contributed by atoms with Gasteiger partial charge in [-0.2, -0.15) is 0 Å². The number of esters is 1. The SMILES string of the molecule is COC(=O)c1ccc(/C=N/O)n1C. The van der Waals surface area contributed by atoms with Crippen LogP contribution in [-0.2, 0) is 11.8 Å². The molecule has 0 unspecified atom stereocenters. The zero-order valence-corrected chi connectivity index (χ0v) is 7.39. The van der Waals surface area contributed by atoms with Gasteiger partial charge in [0.25, 0.3) is 0 Å². The Kier molecular flexibility index (Phi) is 2.69. The maximum absolute atomic E-state index is 11.1. The number of aromatic nitrogens is 1. The minimum atomic E-state index is -0.417. The lowest BCUT2D eigenvalue weighted by atomic mass is 10.4. The smallest absolute Gasteiger partial charge is 0.354 e. The van der Waals surface area contributed by atoms with E-state index in [1.807, 2.05) is 0 Å². The van der Waals surface area contributed by atoms with Crippen LogP contribution in [0.2, 0.25) is 0 Å². The van der Waals surface area contributed by atoms with Crippen molar-refractivity contribution in [2.45, 2.75) is 0 Å². The summed E-state index contributed by atoms with van der Waals surface area (Å²) in [5.41, 5.74) is 1.04. The summed E-state index contributed by atoms with van der Waals surface area (Å²) >= 11 is 0. The predicted octanol–water partition coefficient (Wildman–Crippen LogP) is 0.620. The maximum Gasteiger partial charge on any atom is 0.354 e. The lowest BCUT2D eigenvalue weighted by Gasteiger charge is -2.01. The van der Waals surface area contributed by atoms with E-state index in [2.05, 4.69) is 9.89 Å². The van der Waals surface area contributed by atoms with Crippen LogP contribution in [0.25, 0.3) is 0 Å². The highest BCUT2D eigenvalue weighted by atomic mass is 16.5. The summed E-state index contributed by atoms with van der Waals surface area (Å²) in [6.07, 6.45) is 1.24. The monoisotopic (exact) mass is 182 g/mol. The molecular formula is C8H10N2O3. The lowest BCUT2D eigenvalue weighted by molar-refractivity contribution is 0.0590. The number of carbonyl (C=O) groups excluding carboxylic acids is 1. The fourth-order valence-electron chi connectivity index (χ4n) is 1.03. The van der Waals surface area contributed by atoms with Crippen molar-refractivity contribution in [3.63, 3.8) is 0 Å². The van der Waals surface area contributed by atoms with Crippen LogP contribution in [0.15, 0.2) is 17.3 Å². The maximum atomic E-state index is 11.1. The van der Waals surface area contributed by atoms with Crippen LogP contribution < -0.4 is 0 Å². The van der Waals surface area contributed by atoms with E-state index >= 15 is 0 Å². The summed E-state index contributed by atoms with van der Waals surface area (Å²) in [6.45, 7) is 0. The number of hydrogen-bond acceptors (Lipinski definition) is 4. The highest BCUT2D eigenvalue weighted by Gasteiger charge is 2.11. The van der Waals surface area contributed by atoms with Crippen molar-refractivity contribution in [1.29, 1.82) is 0 Å². The van der Waals surface area contributed by atoms with Crippen molar-refractivity contribution < 1.29 is 14.7 Å². The summed E-state index contributed by atoms with van der Waals surface area (Å²) in [7, 11) is 3.00. The van der Waals surface area contributed by atoms with Crippen LogP contribution in [0.1, 0.15) is 16.2 Å². The van der Waals surface area contributed by atoms with Crippen LogP contribution in [0.3, 0.4) is 0 Å². The first-order valence-electron chi connectivity index (χ1n) is 3.62. The summed E-state index contributed by atoms with van der Waals surface area (Å²) in [4.78, 5) is 11.1. The number of methoxy groups -OCH3 is 1. The fraction of sp³-hybridized carbons (Fsp3) is 0.250. The van der Waals surface area contributed by atoms with Gasteiger partial charge in [0.1, 0.15) is 5.69 Å². The molecular weight excluding hydrogens is 172 g/mol. The van der Waals surface area contributed by atoms with Crippen LogP contribution in [0.4, 0.5) is 0 Å². The third kappa shape index (κ3) is 1.69. The second-order valence-corrected chi connectivity index (χ2v) is 2.44. The highest BCUT2D eigenvalue weighted by Crippen LogP contribution is 2.06. The number of ether oxygens (including phenoxy) is 1. The third-order valence-electron chi connectivity index (χ3n) is 1.75. The number of rotatable bonds is 2. The van der Waals surface area contributed by atoms with E-state index in [0.29, 0.717) is 11.4 Å². The normalized spacial score (nSPS) is 10.6. The topological polar surface area (TPSA) is 63.8 Å². The first-order valence-corrected chi connectivity index (χ1v) is 3.62. The van der Waals surface area contributed by atoms with E-state index < -0.39 is 5.97 Å². The Morgan fingerprint density at radius 2 is 2.38 bits per heavy atom. The first-order chi connectivity index (χ1) is 6.20. The summed E-state index contributed by atoms with van der Waals surface area (Å²) in [6, 6.07) is 3.26. The van der Waals surface area contributed by atoms with Crippen LogP contribution in [0, 0.1) is 0 Å². The van der Waals surface area contributed by atoms with Crippen molar-refractivity contribution in [1.82, 2.24) is 4.57 Å². The number of carbonyl (C=O) groups is 1. The van der Waals surface area contributed by atoms with Gasteiger partial charge in [-0.1, -0.05) is 5.16 Å². The van der Waals surface area contributed by atoms with Crippen LogP contribution in [0.5, 0.6) is 0 Å². The van der Waals surface area contributed by atoms with Gasteiger partial charge in [-0.25, -0.2) is 4.79 Å². The molecule has 0 spiro atoms. The van der Waals surface area contributed by atoms with E-state index in [-0.39, 0.29) is 0 Å². The minimum Gasteiger partial charge on any atom is -0.464 e. The number of oxime groups is 1. The third-order valence-corrected chi connectivity index (χ3v) is 1.75. The van der Waals surface area contributed by atoms with Gasteiger partial charge in [0.15, 0.2) is 0 Å². The van der Waals surface area contributed by atoms with Gasteiger partial charge in [-0.15, -0.1) is 0 Å². The van der Waals surface area contributed by atoms with E-state index in [4.69, 9.17) is 5.21 Å². The average molecular weight is 182 g/mol. The Bertz CT molecular complexity index is 341. The molecule has 1 N–H and O–H groups in total. The molecule has 13 heavy (non-hydrogen) atoms.